The van der Waals surface area contributed by atoms with Crippen LogP contribution in [0.4, 0.5) is 5.95 Å². The number of aromatic amines is 1. The molecule has 1 saturated heterocycles. The van der Waals surface area contributed by atoms with E-state index in [2.05, 4.69) is 23.8 Å². The van der Waals surface area contributed by atoms with Gasteiger partial charge in [0.15, 0.2) is 23.3 Å². The van der Waals surface area contributed by atoms with E-state index in [-0.39, 0.29) is 17.1 Å². The summed E-state index contributed by atoms with van der Waals surface area (Å²) in [5, 5.41) is 20.5. The number of imidazole rings is 1. The third-order valence-electron chi connectivity index (χ3n) is 4.09. The first-order valence-corrected chi connectivity index (χ1v) is 13.4. The Morgan fingerprint density at radius 2 is 1.81 bits per heavy atom. The van der Waals surface area contributed by atoms with Crippen molar-refractivity contribution in [3.63, 3.8) is 0 Å². The Kier molecular flexibility index (Phi) is 6.81. The molecule has 6 unspecified atom stereocenters. The SMILES string of the molecule is Nc1nc2c(ncn2C2OC(COP(=O)(O)CP(=O)(O)OP(=O)(O)O)C(O)C2O)c(=O)[nH]1. The van der Waals surface area contributed by atoms with Gasteiger partial charge in [0.25, 0.3) is 5.56 Å². The Morgan fingerprint density at radius 3 is 2.44 bits per heavy atom. The van der Waals surface area contributed by atoms with Crippen molar-refractivity contribution in [2.45, 2.75) is 24.5 Å². The quantitative estimate of drug-likeness (QED) is 0.171. The average Bonchev–Trinajstić information content (AvgIpc) is 3.12. The number of nitrogens with zero attached hydrogens (tertiary/aromatic N) is 3. The lowest BCUT2D eigenvalue weighted by Crippen LogP contribution is -2.33. The van der Waals surface area contributed by atoms with Crippen molar-refractivity contribution >= 4 is 40.1 Å². The summed E-state index contributed by atoms with van der Waals surface area (Å²) in [6.45, 7) is -0.888. The Bertz CT molecular complexity index is 1210. The summed E-state index contributed by atoms with van der Waals surface area (Å²) >= 11 is 0. The minimum atomic E-state index is -5.44. The molecular formula is C11H18N5O13P3. The minimum absolute atomic E-state index is 0.0901. The van der Waals surface area contributed by atoms with Crippen LogP contribution in [0.1, 0.15) is 6.23 Å². The Hall–Kier alpha value is -1.52. The molecule has 0 radical (unpaired) electrons. The van der Waals surface area contributed by atoms with Crippen LogP contribution in [0.3, 0.4) is 0 Å². The van der Waals surface area contributed by atoms with E-state index in [1.807, 2.05) is 0 Å². The molecule has 32 heavy (non-hydrogen) atoms. The molecule has 6 atom stereocenters. The van der Waals surface area contributed by atoms with E-state index in [1.165, 1.54) is 0 Å². The van der Waals surface area contributed by atoms with E-state index in [1.54, 1.807) is 0 Å². The molecule has 21 heteroatoms. The molecule has 1 aliphatic rings. The molecule has 9 N–H and O–H groups in total. The zero-order chi connectivity index (χ0) is 24.1. The molecule has 0 amide bonds. The zero-order valence-corrected chi connectivity index (χ0v) is 18.3. The van der Waals surface area contributed by atoms with Gasteiger partial charge in [-0.25, -0.2) is 13.9 Å². The molecule has 0 aromatic carbocycles. The van der Waals surface area contributed by atoms with Gasteiger partial charge < -0.3 is 44.8 Å². The molecular weight excluding hydrogens is 503 g/mol. The van der Waals surface area contributed by atoms with Crippen molar-refractivity contribution in [2.75, 3.05) is 18.2 Å². The van der Waals surface area contributed by atoms with Crippen LogP contribution >= 0.6 is 23.0 Å². The maximum absolute atomic E-state index is 12.0. The fraction of sp³-hybridized carbons (Fsp3) is 0.545. The summed E-state index contributed by atoms with van der Waals surface area (Å²) in [5.74, 6) is -1.93. The third-order valence-corrected chi connectivity index (χ3v) is 9.38. The molecule has 180 valence electrons. The monoisotopic (exact) mass is 521 g/mol. The third kappa shape index (κ3) is 5.69. The van der Waals surface area contributed by atoms with E-state index in [9.17, 15) is 38.5 Å². The van der Waals surface area contributed by atoms with Gasteiger partial charge in [0.1, 0.15) is 18.3 Å². The van der Waals surface area contributed by atoms with Gasteiger partial charge in [-0.3, -0.25) is 23.5 Å². The van der Waals surface area contributed by atoms with Gasteiger partial charge in [-0.15, -0.1) is 0 Å². The summed E-state index contributed by atoms with van der Waals surface area (Å²) in [4.78, 5) is 58.0. The predicted octanol–water partition coefficient (Wildman–Crippen LogP) is -2.22. The van der Waals surface area contributed by atoms with Crippen molar-refractivity contribution < 1.29 is 57.1 Å². The van der Waals surface area contributed by atoms with Crippen LogP contribution in [0, 0.1) is 0 Å². The first kappa shape index (κ1) is 25.1. The second-order valence-corrected chi connectivity index (χ2v) is 12.2. The van der Waals surface area contributed by atoms with E-state index in [4.69, 9.17) is 20.3 Å². The molecule has 18 nitrogen and oxygen atoms in total. The summed E-state index contributed by atoms with van der Waals surface area (Å²) in [6.07, 6.45) is -5.09. The molecule has 0 spiro atoms. The number of phosphoric acid groups is 1. The molecule has 1 fully saturated rings. The molecule has 2 aromatic heterocycles. The number of nitrogens with two attached hydrogens (primary N) is 1. The van der Waals surface area contributed by atoms with Gasteiger partial charge in [0.2, 0.25) is 5.95 Å². The van der Waals surface area contributed by atoms with Crippen molar-refractivity contribution in [1.82, 2.24) is 19.5 Å². The Labute approximate surface area is 176 Å². The predicted molar refractivity (Wildman–Crippen MR) is 102 cm³/mol. The fourth-order valence-corrected chi connectivity index (χ4v) is 7.39. The number of aliphatic hydroxyl groups is 2. The second-order valence-electron chi connectivity index (χ2n) is 6.61. The topological polar surface area (TPSA) is 290 Å². The molecule has 2 aromatic rings. The lowest BCUT2D eigenvalue weighted by atomic mass is 10.1. The second kappa shape index (κ2) is 8.68. The average molecular weight is 521 g/mol. The molecule has 0 bridgehead atoms. The number of H-pyrrole nitrogens is 1. The van der Waals surface area contributed by atoms with Crippen molar-refractivity contribution in [3.05, 3.63) is 16.7 Å². The van der Waals surface area contributed by atoms with Gasteiger partial charge >= 0.3 is 23.0 Å². The highest BCUT2D eigenvalue weighted by Gasteiger charge is 2.46. The molecule has 0 aliphatic carbocycles. The number of rotatable bonds is 8. The first-order chi connectivity index (χ1) is 14.6. The lowest BCUT2D eigenvalue weighted by Gasteiger charge is -2.19. The number of nitrogens with one attached hydrogen (secondary N) is 1. The molecule has 1 aliphatic heterocycles. The number of hydrogen-bond donors (Lipinski definition) is 8. The zero-order valence-electron chi connectivity index (χ0n) is 15.6. The fourth-order valence-electron chi connectivity index (χ4n) is 2.87. The number of aromatic nitrogens is 4. The number of aliphatic hydroxyl groups excluding tert-OH is 2. The van der Waals surface area contributed by atoms with Crippen LogP contribution in [-0.4, -0.2) is 80.1 Å². The highest BCUT2D eigenvalue weighted by molar-refractivity contribution is 7.74. The molecule has 3 rings (SSSR count). The van der Waals surface area contributed by atoms with E-state index < -0.39 is 65.6 Å². The van der Waals surface area contributed by atoms with Crippen molar-refractivity contribution in [1.29, 1.82) is 0 Å². The Balaban J connectivity index is 1.72. The number of fused-ring (bicyclic) bond motifs is 1. The van der Waals surface area contributed by atoms with Crippen LogP contribution < -0.4 is 11.3 Å². The van der Waals surface area contributed by atoms with Crippen LogP contribution in [0.2, 0.25) is 0 Å². The van der Waals surface area contributed by atoms with E-state index in [0.29, 0.717) is 0 Å². The van der Waals surface area contributed by atoms with Crippen LogP contribution in [0.5, 0.6) is 0 Å². The number of ether oxygens (including phenoxy) is 1. The van der Waals surface area contributed by atoms with Gasteiger partial charge in [0.05, 0.1) is 12.9 Å². The standard InChI is InChI=1S/C11H18N5O13P3/c12-11-14-8-5(9(19)15-11)13-2-16(8)10-7(18)6(17)4(28-10)1-27-30(20,21)3-31(22,23)29-32(24,25)26/h2,4,6-7,10,17-18H,1,3H2,(H,20,21)(H,22,23)(H2,24,25,26)(H3,12,14,15,19). The molecule has 0 saturated carbocycles. The summed E-state index contributed by atoms with van der Waals surface area (Å²) in [5.41, 5.74) is 4.57. The van der Waals surface area contributed by atoms with Gasteiger partial charge in [-0.1, -0.05) is 0 Å². The normalized spacial score (nSPS) is 27.9. The maximum atomic E-state index is 12.0. The van der Waals surface area contributed by atoms with E-state index >= 15 is 0 Å². The number of hydrogen-bond acceptors (Lipinski definition) is 12. The van der Waals surface area contributed by atoms with Crippen molar-refractivity contribution in [2.24, 2.45) is 0 Å². The highest BCUT2D eigenvalue weighted by atomic mass is 31.3. The number of nitrogen functional groups attached to an aromatic ring is 1. The first-order valence-electron chi connectivity index (χ1n) is 8.37. The van der Waals surface area contributed by atoms with Crippen LogP contribution in [0.25, 0.3) is 11.2 Å². The van der Waals surface area contributed by atoms with Gasteiger partial charge in [-0.2, -0.15) is 4.98 Å². The highest BCUT2D eigenvalue weighted by Crippen LogP contribution is 2.64. The van der Waals surface area contributed by atoms with Crippen LogP contribution in [0.15, 0.2) is 11.1 Å². The smallest absolute Gasteiger partial charge is 0.387 e. The lowest BCUT2D eigenvalue weighted by molar-refractivity contribution is -0.0483. The Morgan fingerprint density at radius 1 is 1.16 bits per heavy atom. The van der Waals surface area contributed by atoms with Gasteiger partial charge in [-0.05, 0) is 0 Å². The summed E-state index contributed by atoms with van der Waals surface area (Å²) in [6, 6.07) is 0. The largest absolute Gasteiger partial charge is 0.476 e. The number of anilines is 1. The molecule has 3 heterocycles. The summed E-state index contributed by atoms with van der Waals surface area (Å²) < 4.78 is 49.0. The maximum Gasteiger partial charge on any atom is 0.476 e. The summed E-state index contributed by atoms with van der Waals surface area (Å²) in [7, 11) is -15.7. The van der Waals surface area contributed by atoms with Crippen LogP contribution in [-0.2, 0) is 27.3 Å². The minimum Gasteiger partial charge on any atom is -0.387 e. The van der Waals surface area contributed by atoms with E-state index in [0.717, 1.165) is 10.9 Å². The van der Waals surface area contributed by atoms with Gasteiger partial charge in [0, 0.05) is 0 Å². The van der Waals surface area contributed by atoms with Crippen molar-refractivity contribution in [3.8, 4) is 0 Å².